The van der Waals surface area contributed by atoms with E-state index in [4.69, 9.17) is 10.5 Å². The summed E-state index contributed by atoms with van der Waals surface area (Å²) in [5.41, 5.74) is 6.79. The molecule has 0 saturated carbocycles. The number of carbonyl (C=O) groups excluding carboxylic acids is 1. The van der Waals surface area contributed by atoms with Crippen molar-refractivity contribution >= 4 is 5.91 Å². The molecule has 0 aromatic carbocycles. The van der Waals surface area contributed by atoms with Gasteiger partial charge < -0.3 is 15.8 Å². The molecule has 1 aromatic rings. The highest BCUT2D eigenvalue weighted by Gasteiger charge is 2.15. The quantitative estimate of drug-likeness (QED) is 0.754. The molecule has 0 fully saturated rings. The normalized spacial score (nSPS) is 12.2. The van der Waals surface area contributed by atoms with Crippen LogP contribution in [0.25, 0.3) is 0 Å². The first-order valence-electron chi connectivity index (χ1n) is 5.60. The second-order valence-corrected chi connectivity index (χ2v) is 3.87. The molecule has 5 heteroatoms. The third-order valence-electron chi connectivity index (χ3n) is 2.44. The van der Waals surface area contributed by atoms with E-state index < -0.39 is 0 Å². The number of hydrogen-bond donors (Lipinski definition) is 2. The maximum Gasteiger partial charge on any atom is 0.270 e. The third-order valence-corrected chi connectivity index (χ3v) is 2.44. The molecule has 5 nitrogen and oxygen atoms in total. The van der Waals surface area contributed by atoms with E-state index >= 15 is 0 Å². The van der Waals surface area contributed by atoms with Gasteiger partial charge in [-0.3, -0.25) is 9.78 Å². The highest BCUT2D eigenvalue weighted by molar-refractivity contribution is 5.93. The summed E-state index contributed by atoms with van der Waals surface area (Å²) in [5.74, 6) is -0.182. The Morgan fingerprint density at radius 3 is 3.00 bits per heavy atom. The Kier molecular flexibility index (Phi) is 5.59. The molecule has 1 amide bonds. The molecule has 0 spiro atoms. The van der Waals surface area contributed by atoms with Gasteiger partial charge in [-0.2, -0.15) is 0 Å². The van der Waals surface area contributed by atoms with Crippen molar-refractivity contribution in [3.8, 4) is 0 Å². The summed E-state index contributed by atoms with van der Waals surface area (Å²) in [6, 6.07) is 3.59. The van der Waals surface area contributed by atoms with Crippen LogP contribution in [0.5, 0.6) is 0 Å². The monoisotopic (exact) mass is 237 g/mol. The number of amides is 1. The number of hydrogen-bond acceptors (Lipinski definition) is 4. The van der Waals surface area contributed by atoms with Gasteiger partial charge in [0.05, 0.1) is 12.6 Å². The maximum atomic E-state index is 12.0. The van der Waals surface area contributed by atoms with Crippen molar-refractivity contribution in [1.29, 1.82) is 0 Å². The van der Waals surface area contributed by atoms with Crippen molar-refractivity contribution < 1.29 is 9.53 Å². The largest absolute Gasteiger partial charge is 0.383 e. The number of rotatable bonds is 6. The van der Waals surface area contributed by atoms with Gasteiger partial charge in [0.1, 0.15) is 5.69 Å². The van der Waals surface area contributed by atoms with Gasteiger partial charge in [0.15, 0.2) is 0 Å². The smallest absolute Gasteiger partial charge is 0.270 e. The summed E-state index contributed by atoms with van der Waals surface area (Å²) in [6.45, 7) is 2.82. The second kappa shape index (κ2) is 6.98. The molecule has 1 unspecified atom stereocenters. The van der Waals surface area contributed by atoms with Crippen LogP contribution in [0, 0.1) is 6.92 Å². The molecule has 0 bridgehead atoms. The molecule has 1 heterocycles. The highest BCUT2D eigenvalue weighted by atomic mass is 16.5. The van der Waals surface area contributed by atoms with Gasteiger partial charge >= 0.3 is 0 Å². The average molecular weight is 237 g/mol. The predicted octanol–water partition coefficient (Wildman–Crippen LogP) is 0.484. The predicted molar refractivity (Wildman–Crippen MR) is 65.8 cm³/mol. The molecule has 1 atom stereocenters. The van der Waals surface area contributed by atoms with E-state index in [1.54, 1.807) is 19.4 Å². The zero-order valence-electron chi connectivity index (χ0n) is 10.3. The molecule has 1 rings (SSSR count). The molecule has 1 aromatic heterocycles. The van der Waals surface area contributed by atoms with Crippen molar-refractivity contribution in [2.75, 3.05) is 20.3 Å². The molecule has 0 radical (unpaired) electrons. The third kappa shape index (κ3) is 4.13. The fraction of sp³-hybridized carbons (Fsp3) is 0.500. The molecule has 0 aliphatic heterocycles. The highest BCUT2D eigenvalue weighted by Crippen LogP contribution is 2.04. The van der Waals surface area contributed by atoms with E-state index in [1.165, 1.54) is 0 Å². The van der Waals surface area contributed by atoms with Crippen molar-refractivity contribution in [1.82, 2.24) is 10.3 Å². The van der Waals surface area contributed by atoms with Crippen LogP contribution in [0.4, 0.5) is 0 Å². The number of aryl methyl sites for hydroxylation is 1. The fourth-order valence-electron chi connectivity index (χ4n) is 1.58. The number of pyridine rings is 1. The lowest BCUT2D eigenvalue weighted by Gasteiger charge is -2.17. The van der Waals surface area contributed by atoms with Crippen LogP contribution in [0.3, 0.4) is 0 Å². The van der Waals surface area contributed by atoms with Crippen molar-refractivity contribution in [3.63, 3.8) is 0 Å². The van der Waals surface area contributed by atoms with Crippen LogP contribution >= 0.6 is 0 Å². The van der Waals surface area contributed by atoms with Crippen LogP contribution < -0.4 is 11.1 Å². The SMILES string of the molecule is COCC(CCN)NC(=O)c1ncccc1C. The number of nitrogens with zero attached hydrogens (tertiary/aromatic N) is 1. The Bertz CT molecular complexity index is 363. The summed E-state index contributed by atoms with van der Waals surface area (Å²) in [7, 11) is 1.60. The molecular weight excluding hydrogens is 218 g/mol. The van der Waals surface area contributed by atoms with E-state index in [-0.39, 0.29) is 11.9 Å². The summed E-state index contributed by atoms with van der Waals surface area (Å²) in [6.07, 6.45) is 2.29. The van der Waals surface area contributed by atoms with Gasteiger partial charge in [-0.15, -0.1) is 0 Å². The lowest BCUT2D eigenvalue weighted by molar-refractivity contribution is 0.0888. The molecule has 94 valence electrons. The van der Waals surface area contributed by atoms with Crippen molar-refractivity contribution in [2.24, 2.45) is 5.73 Å². The summed E-state index contributed by atoms with van der Waals surface area (Å²) in [5, 5.41) is 2.87. The van der Waals surface area contributed by atoms with Crippen LogP contribution in [0.15, 0.2) is 18.3 Å². The van der Waals surface area contributed by atoms with Crippen LogP contribution in [-0.4, -0.2) is 37.2 Å². The minimum atomic E-state index is -0.182. The van der Waals surface area contributed by atoms with Crippen LogP contribution in [-0.2, 0) is 4.74 Å². The minimum absolute atomic E-state index is 0.0705. The first-order chi connectivity index (χ1) is 8.19. The topological polar surface area (TPSA) is 77.2 Å². The molecule has 3 N–H and O–H groups in total. The summed E-state index contributed by atoms with van der Waals surface area (Å²) >= 11 is 0. The number of aromatic nitrogens is 1. The molecule has 17 heavy (non-hydrogen) atoms. The van der Waals surface area contributed by atoms with Crippen LogP contribution in [0.2, 0.25) is 0 Å². The second-order valence-electron chi connectivity index (χ2n) is 3.87. The summed E-state index contributed by atoms with van der Waals surface area (Å²) < 4.78 is 5.03. The Morgan fingerprint density at radius 2 is 2.41 bits per heavy atom. The van der Waals surface area contributed by atoms with Gasteiger partial charge in [0.25, 0.3) is 5.91 Å². The zero-order chi connectivity index (χ0) is 12.7. The number of carbonyl (C=O) groups is 1. The first-order valence-corrected chi connectivity index (χ1v) is 5.60. The van der Waals surface area contributed by atoms with Crippen molar-refractivity contribution in [2.45, 2.75) is 19.4 Å². The molecule has 0 aliphatic rings. The number of methoxy groups -OCH3 is 1. The van der Waals surface area contributed by atoms with E-state index in [2.05, 4.69) is 10.3 Å². The van der Waals surface area contributed by atoms with E-state index in [0.29, 0.717) is 25.3 Å². The van der Waals surface area contributed by atoms with Gasteiger partial charge in [-0.1, -0.05) is 6.07 Å². The number of ether oxygens (including phenoxy) is 1. The van der Waals surface area contributed by atoms with Crippen molar-refractivity contribution in [3.05, 3.63) is 29.6 Å². The Labute approximate surface area is 101 Å². The van der Waals surface area contributed by atoms with Gasteiger partial charge in [-0.05, 0) is 31.5 Å². The Hall–Kier alpha value is -1.46. The maximum absolute atomic E-state index is 12.0. The van der Waals surface area contributed by atoms with E-state index in [1.807, 2.05) is 13.0 Å². The lowest BCUT2D eigenvalue weighted by atomic mass is 10.1. The van der Waals surface area contributed by atoms with Gasteiger partial charge in [0.2, 0.25) is 0 Å². The Morgan fingerprint density at radius 1 is 1.65 bits per heavy atom. The van der Waals surface area contributed by atoms with E-state index in [0.717, 1.165) is 5.56 Å². The van der Waals surface area contributed by atoms with E-state index in [9.17, 15) is 4.79 Å². The van der Waals surface area contributed by atoms with Crippen LogP contribution in [0.1, 0.15) is 22.5 Å². The number of nitrogens with two attached hydrogens (primary N) is 1. The fourth-order valence-corrected chi connectivity index (χ4v) is 1.58. The standard InChI is InChI=1S/C12H19N3O2/c1-9-4-3-7-14-11(9)12(16)15-10(5-6-13)8-17-2/h3-4,7,10H,5-6,8,13H2,1-2H3,(H,15,16). The zero-order valence-corrected chi connectivity index (χ0v) is 10.3. The van der Waals surface area contributed by atoms with Gasteiger partial charge in [0, 0.05) is 13.3 Å². The molecule has 0 aliphatic carbocycles. The van der Waals surface area contributed by atoms with Gasteiger partial charge in [-0.25, -0.2) is 0 Å². The minimum Gasteiger partial charge on any atom is -0.383 e. The number of nitrogens with one attached hydrogen (secondary N) is 1. The summed E-state index contributed by atoms with van der Waals surface area (Å²) in [4.78, 5) is 16.0. The Balaban J connectivity index is 2.67. The average Bonchev–Trinajstić information content (AvgIpc) is 2.30. The molecular formula is C12H19N3O2. The molecule has 0 saturated heterocycles. The first kappa shape index (κ1) is 13.6. The lowest BCUT2D eigenvalue weighted by Crippen LogP contribution is -2.40.